The molecule has 7 heteroatoms. The Balaban J connectivity index is 1.77. The quantitative estimate of drug-likeness (QED) is 0.676. The van der Waals surface area contributed by atoms with Crippen molar-refractivity contribution < 1.29 is 4.79 Å². The molecule has 1 N–H and O–H groups in total. The highest BCUT2D eigenvalue weighted by Crippen LogP contribution is 2.25. The number of carbonyl (C=O) groups excluding carboxylic acids is 1. The standard InChI is InChI=1S/C20H23N5OS/c1-12-6-7-15(4)18(11-12)21-19(26)16(5)27-20-22-23-24-25(20)17-9-13(2)8-14(3)10-17/h6-11,16H,1-5H3,(H,21,26)/t16-/m1/s1. The molecule has 0 spiro atoms. The molecule has 0 radical (unpaired) electrons. The zero-order valence-corrected chi connectivity index (χ0v) is 17.0. The maximum absolute atomic E-state index is 12.6. The van der Waals surface area contributed by atoms with Gasteiger partial charge in [-0.15, -0.1) is 5.10 Å². The van der Waals surface area contributed by atoms with Gasteiger partial charge in [-0.3, -0.25) is 4.79 Å². The third kappa shape index (κ3) is 4.54. The fourth-order valence-corrected chi connectivity index (χ4v) is 3.61. The smallest absolute Gasteiger partial charge is 0.237 e. The van der Waals surface area contributed by atoms with Crippen molar-refractivity contribution in [2.45, 2.75) is 45.0 Å². The van der Waals surface area contributed by atoms with Gasteiger partial charge < -0.3 is 5.32 Å². The number of hydrogen-bond acceptors (Lipinski definition) is 5. The summed E-state index contributed by atoms with van der Waals surface area (Å²) in [6.07, 6.45) is 0. The van der Waals surface area contributed by atoms with Crippen LogP contribution in [0.4, 0.5) is 5.69 Å². The molecular formula is C20H23N5OS. The van der Waals surface area contributed by atoms with Crippen LogP contribution in [0.5, 0.6) is 0 Å². The van der Waals surface area contributed by atoms with Crippen LogP contribution in [0.25, 0.3) is 5.69 Å². The Labute approximate surface area is 163 Å². The molecule has 140 valence electrons. The number of nitrogens with one attached hydrogen (secondary N) is 1. The Bertz CT molecular complexity index is 962. The third-order valence-corrected chi connectivity index (χ3v) is 5.23. The molecule has 0 bridgehead atoms. The van der Waals surface area contributed by atoms with Crippen LogP contribution in [0.15, 0.2) is 41.6 Å². The summed E-state index contributed by atoms with van der Waals surface area (Å²) in [6, 6.07) is 12.2. The number of carbonyl (C=O) groups is 1. The van der Waals surface area contributed by atoms with Crippen molar-refractivity contribution in [2.24, 2.45) is 0 Å². The van der Waals surface area contributed by atoms with Crippen molar-refractivity contribution in [3.8, 4) is 5.69 Å². The van der Waals surface area contributed by atoms with E-state index in [2.05, 4.69) is 26.9 Å². The zero-order valence-electron chi connectivity index (χ0n) is 16.1. The van der Waals surface area contributed by atoms with E-state index in [1.807, 2.05) is 65.0 Å². The third-order valence-electron chi connectivity index (χ3n) is 4.19. The Morgan fingerprint density at radius 1 is 1.04 bits per heavy atom. The van der Waals surface area contributed by atoms with Crippen LogP contribution < -0.4 is 5.32 Å². The van der Waals surface area contributed by atoms with Crippen LogP contribution >= 0.6 is 11.8 Å². The fourth-order valence-electron chi connectivity index (χ4n) is 2.80. The van der Waals surface area contributed by atoms with Gasteiger partial charge in [0, 0.05) is 5.69 Å². The number of hydrogen-bond donors (Lipinski definition) is 1. The molecule has 0 aliphatic heterocycles. The minimum Gasteiger partial charge on any atom is -0.325 e. The summed E-state index contributed by atoms with van der Waals surface area (Å²) in [7, 11) is 0. The Morgan fingerprint density at radius 2 is 1.74 bits per heavy atom. The predicted molar refractivity (Wildman–Crippen MR) is 108 cm³/mol. The predicted octanol–water partition coefficient (Wildman–Crippen LogP) is 4.02. The van der Waals surface area contributed by atoms with Crippen LogP contribution in [0, 0.1) is 27.7 Å². The van der Waals surface area contributed by atoms with E-state index in [9.17, 15) is 4.79 Å². The van der Waals surface area contributed by atoms with Crippen LogP contribution in [0.3, 0.4) is 0 Å². The SMILES string of the molecule is Cc1cc(C)cc(-n2nnnc2S[C@H](C)C(=O)Nc2cc(C)ccc2C)c1. The molecule has 1 amide bonds. The van der Waals surface area contributed by atoms with Gasteiger partial charge in [0.2, 0.25) is 11.1 Å². The maximum Gasteiger partial charge on any atom is 0.237 e. The number of nitrogens with zero attached hydrogens (tertiary/aromatic N) is 4. The van der Waals surface area contributed by atoms with Gasteiger partial charge in [0.15, 0.2) is 0 Å². The van der Waals surface area contributed by atoms with Crippen molar-refractivity contribution in [1.29, 1.82) is 0 Å². The molecule has 0 saturated heterocycles. The molecule has 3 aromatic rings. The molecule has 0 aliphatic carbocycles. The van der Waals surface area contributed by atoms with E-state index in [-0.39, 0.29) is 11.2 Å². The Morgan fingerprint density at radius 3 is 2.44 bits per heavy atom. The Kier molecular flexibility index (Phi) is 5.60. The first-order chi connectivity index (χ1) is 12.8. The lowest BCUT2D eigenvalue weighted by Crippen LogP contribution is -2.23. The summed E-state index contributed by atoms with van der Waals surface area (Å²) in [4.78, 5) is 12.6. The molecule has 0 aliphatic rings. The second-order valence-electron chi connectivity index (χ2n) is 6.79. The van der Waals surface area contributed by atoms with E-state index < -0.39 is 0 Å². The second-order valence-corrected chi connectivity index (χ2v) is 8.09. The van der Waals surface area contributed by atoms with E-state index in [1.54, 1.807) is 4.68 Å². The minimum absolute atomic E-state index is 0.0799. The van der Waals surface area contributed by atoms with Crippen molar-refractivity contribution in [2.75, 3.05) is 5.32 Å². The number of thioether (sulfide) groups is 1. The normalized spacial score (nSPS) is 12.0. The van der Waals surface area contributed by atoms with Gasteiger partial charge in [0.25, 0.3) is 0 Å². The summed E-state index contributed by atoms with van der Waals surface area (Å²) in [5.41, 5.74) is 6.14. The molecule has 1 heterocycles. The zero-order chi connectivity index (χ0) is 19.6. The molecule has 3 rings (SSSR count). The molecule has 2 aromatic carbocycles. The van der Waals surface area contributed by atoms with Crippen molar-refractivity contribution in [3.05, 3.63) is 58.7 Å². The van der Waals surface area contributed by atoms with Gasteiger partial charge in [0.1, 0.15) is 0 Å². The summed E-state index contributed by atoms with van der Waals surface area (Å²) in [5, 5.41) is 15.2. The second kappa shape index (κ2) is 7.92. The first-order valence-electron chi connectivity index (χ1n) is 8.75. The van der Waals surface area contributed by atoms with Gasteiger partial charge in [-0.2, -0.15) is 4.68 Å². The average molecular weight is 382 g/mol. The van der Waals surface area contributed by atoms with Gasteiger partial charge in [-0.05, 0) is 85.5 Å². The van der Waals surface area contributed by atoms with Crippen molar-refractivity contribution >= 4 is 23.4 Å². The van der Waals surface area contributed by atoms with Crippen LogP contribution in [-0.2, 0) is 4.79 Å². The van der Waals surface area contributed by atoms with Gasteiger partial charge in [-0.1, -0.05) is 30.0 Å². The summed E-state index contributed by atoms with van der Waals surface area (Å²) in [6.45, 7) is 9.91. The molecule has 1 atom stereocenters. The number of tetrazole rings is 1. The summed E-state index contributed by atoms with van der Waals surface area (Å²) < 4.78 is 1.67. The first kappa shape index (κ1) is 19.1. The number of aromatic nitrogens is 4. The Hall–Kier alpha value is -2.67. The van der Waals surface area contributed by atoms with E-state index in [0.717, 1.165) is 33.6 Å². The maximum atomic E-state index is 12.6. The fraction of sp³-hybridized carbons (Fsp3) is 0.300. The number of benzene rings is 2. The monoisotopic (exact) mass is 381 g/mol. The molecule has 1 aromatic heterocycles. The average Bonchev–Trinajstić information content (AvgIpc) is 3.05. The number of aryl methyl sites for hydroxylation is 4. The van der Waals surface area contributed by atoms with E-state index in [1.165, 1.54) is 11.8 Å². The van der Waals surface area contributed by atoms with Gasteiger partial charge in [0.05, 0.1) is 10.9 Å². The van der Waals surface area contributed by atoms with Gasteiger partial charge >= 0.3 is 0 Å². The summed E-state index contributed by atoms with van der Waals surface area (Å²) in [5.74, 6) is -0.0799. The topological polar surface area (TPSA) is 72.7 Å². The minimum atomic E-state index is -0.347. The lowest BCUT2D eigenvalue weighted by atomic mass is 10.1. The van der Waals surface area contributed by atoms with Crippen LogP contribution in [0.2, 0.25) is 0 Å². The van der Waals surface area contributed by atoms with E-state index in [0.29, 0.717) is 5.16 Å². The molecule has 0 fully saturated rings. The molecule has 0 unspecified atom stereocenters. The molecule has 27 heavy (non-hydrogen) atoms. The molecular weight excluding hydrogens is 358 g/mol. The highest BCUT2D eigenvalue weighted by Gasteiger charge is 2.20. The lowest BCUT2D eigenvalue weighted by Gasteiger charge is -2.14. The van der Waals surface area contributed by atoms with Crippen molar-refractivity contribution in [3.63, 3.8) is 0 Å². The summed E-state index contributed by atoms with van der Waals surface area (Å²) >= 11 is 1.34. The van der Waals surface area contributed by atoms with Gasteiger partial charge in [-0.25, -0.2) is 0 Å². The largest absolute Gasteiger partial charge is 0.325 e. The number of rotatable bonds is 5. The lowest BCUT2D eigenvalue weighted by molar-refractivity contribution is -0.115. The van der Waals surface area contributed by atoms with E-state index >= 15 is 0 Å². The van der Waals surface area contributed by atoms with Crippen LogP contribution in [-0.4, -0.2) is 31.4 Å². The van der Waals surface area contributed by atoms with E-state index in [4.69, 9.17) is 0 Å². The highest BCUT2D eigenvalue weighted by atomic mass is 32.2. The number of anilines is 1. The van der Waals surface area contributed by atoms with Crippen molar-refractivity contribution in [1.82, 2.24) is 20.2 Å². The molecule has 6 nitrogen and oxygen atoms in total. The van der Waals surface area contributed by atoms with Crippen LogP contribution in [0.1, 0.15) is 29.2 Å². The highest BCUT2D eigenvalue weighted by molar-refractivity contribution is 8.00. The molecule has 0 saturated carbocycles. The number of amides is 1. The first-order valence-corrected chi connectivity index (χ1v) is 9.63.